The number of rotatable bonds is 7. The zero-order valence-electron chi connectivity index (χ0n) is 18.3. The van der Waals surface area contributed by atoms with Crippen molar-refractivity contribution < 1.29 is 9.59 Å². The number of likely N-dealkylation sites (N-methyl/N-ethyl adjacent to an activating group) is 1. The topological polar surface area (TPSA) is 37.4 Å². The number of hydrogen-bond acceptors (Lipinski definition) is 3. The molecule has 0 bridgehead atoms. The molecule has 0 atom stereocenters. The molecule has 0 unspecified atom stereocenters. The van der Waals surface area contributed by atoms with Crippen molar-refractivity contribution in [2.75, 3.05) is 20.1 Å². The third kappa shape index (κ3) is 5.39. The van der Waals surface area contributed by atoms with E-state index in [1.165, 1.54) is 11.1 Å². The van der Waals surface area contributed by atoms with Gasteiger partial charge in [-0.3, -0.25) is 14.5 Å². The summed E-state index contributed by atoms with van der Waals surface area (Å²) in [6.45, 7) is 14.2. The fraction of sp³-hybridized carbons (Fsp3) is 0.440. The van der Waals surface area contributed by atoms with E-state index in [1.807, 2.05) is 12.1 Å². The van der Waals surface area contributed by atoms with Gasteiger partial charge in [-0.2, -0.15) is 0 Å². The number of Topliss-reactive ketones (excluding diaryl/α,β-unsaturated/α-hetero) is 2. The molecule has 0 saturated carbocycles. The summed E-state index contributed by atoms with van der Waals surface area (Å²) in [6.07, 6.45) is 5.02. The van der Waals surface area contributed by atoms with E-state index in [-0.39, 0.29) is 17.0 Å². The van der Waals surface area contributed by atoms with E-state index in [0.29, 0.717) is 28.7 Å². The van der Waals surface area contributed by atoms with Crippen molar-refractivity contribution in [1.82, 2.24) is 4.90 Å². The molecule has 3 nitrogen and oxygen atoms in total. The Bertz CT molecular complexity index is 864. The van der Waals surface area contributed by atoms with Crippen molar-refractivity contribution in [2.24, 2.45) is 5.41 Å². The molecule has 1 aromatic rings. The average molecular weight is 380 g/mol. The number of ketones is 2. The molecule has 1 aromatic carbocycles. The van der Waals surface area contributed by atoms with Gasteiger partial charge < -0.3 is 0 Å². The molecule has 0 radical (unpaired) electrons. The molecule has 0 aliphatic heterocycles. The molecule has 3 heteroatoms. The Balaban J connectivity index is 2.19. The number of nitrogens with zero attached hydrogens (tertiary/aromatic N) is 1. The fourth-order valence-electron chi connectivity index (χ4n) is 3.81. The minimum Gasteiger partial charge on any atom is -0.299 e. The molecule has 2 rings (SSSR count). The van der Waals surface area contributed by atoms with Gasteiger partial charge in [0, 0.05) is 35.4 Å². The Morgan fingerprint density at radius 1 is 1.04 bits per heavy atom. The van der Waals surface area contributed by atoms with Crippen LogP contribution in [-0.4, -0.2) is 36.6 Å². The normalized spacial score (nSPS) is 15.2. The van der Waals surface area contributed by atoms with E-state index in [4.69, 9.17) is 0 Å². The van der Waals surface area contributed by atoms with Crippen molar-refractivity contribution in [2.45, 2.75) is 48.0 Å². The summed E-state index contributed by atoms with van der Waals surface area (Å²) in [7, 11) is 2.11. The highest BCUT2D eigenvalue weighted by Crippen LogP contribution is 2.35. The summed E-state index contributed by atoms with van der Waals surface area (Å²) in [6, 6.07) is 7.13. The van der Waals surface area contributed by atoms with Gasteiger partial charge in [-0.25, -0.2) is 0 Å². The molecule has 0 N–H and O–H groups in total. The Labute approximate surface area is 169 Å². The second kappa shape index (κ2) is 8.83. The molecule has 0 fully saturated rings. The Hall–Kier alpha value is -2.26. The second-order valence-corrected chi connectivity index (χ2v) is 8.94. The van der Waals surface area contributed by atoms with Crippen molar-refractivity contribution in [3.63, 3.8) is 0 Å². The monoisotopic (exact) mass is 379 g/mol. The van der Waals surface area contributed by atoms with Crippen LogP contribution >= 0.6 is 0 Å². The van der Waals surface area contributed by atoms with E-state index in [2.05, 4.69) is 58.7 Å². The number of benzene rings is 1. The van der Waals surface area contributed by atoms with Crippen molar-refractivity contribution in [3.8, 4) is 0 Å². The lowest BCUT2D eigenvalue weighted by atomic mass is 9.76. The van der Waals surface area contributed by atoms with Crippen LogP contribution in [0, 0.1) is 5.41 Å². The van der Waals surface area contributed by atoms with Gasteiger partial charge in [-0.15, -0.1) is 0 Å². The maximum atomic E-state index is 13.0. The van der Waals surface area contributed by atoms with Crippen LogP contribution in [0.4, 0.5) is 0 Å². The quantitative estimate of drug-likeness (QED) is 0.575. The van der Waals surface area contributed by atoms with Crippen LogP contribution in [0.5, 0.6) is 0 Å². The van der Waals surface area contributed by atoms with Crippen LogP contribution in [0.2, 0.25) is 0 Å². The Morgan fingerprint density at radius 2 is 1.61 bits per heavy atom. The van der Waals surface area contributed by atoms with Gasteiger partial charge >= 0.3 is 0 Å². The first kappa shape index (κ1) is 22.0. The van der Waals surface area contributed by atoms with Crippen LogP contribution < -0.4 is 0 Å². The minimum absolute atomic E-state index is 0.00694. The van der Waals surface area contributed by atoms with Crippen molar-refractivity contribution >= 4 is 11.6 Å². The summed E-state index contributed by atoms with van der Waals surface area (Å²) in [5, 5.41) is 0. The minimum atomic E-state index is -0.208. The highest BCUT2D eigenvalue weighted by molar-refractivity contribution is 6.26. The maximum Gasteiger partial charge on any atom is 0.190 e. The summed E-state index contributed by atoms with van der Waals surface area (Å²) in [5.74, 6) is -0.0318. The van der Waals surface area contributed by atoms with Crippen LogP contribution in [0.15, 0.2) is 58.7 Å². The van der Waals surface area contributed by atoms with Crippen LogP contribution in [0.3, 0.4) is 0 Å². The van der Waals surface area contributed by atoms with Crippen molar-refractivity contribution in [3.05, 3.63) is 69.8 Å². The second-order valence-electron chi connectivity index (χ2n) is 8.94. The van der Waals surface area contributed by atoms with E-state index in [9.17, 15) is 9.59 Å². The predicted octanol–water partition coefficient (Wildman–Crippen LogP) is 5.64. The first-order valence-corrected chi connectivity index (χ1v) is 9.90. The number of hydrogen-bond donors (Lipinski definition) is 0. The van der Waals surface area contributed by atoms with Gasteiger partial charge in [0.25, 0.3) is 0 Å². The zero-order chi connectivity index (χ0) is 21.1. The van der Waals surface area contributed by atoms with E-state index < -0.39 is 0 Å². The van der Waals surface area contributed by atoms with Gasteiger partial charge in [-0.1, -0.05) is 61.4 Å². The smallest absolute Gasteiger partial charge is 0.190 e. The summed E-state index contributed by atoms with van der Waals surface area (Å²) < 4.78 is 0. The largest absolute Gasteiger partial charge is 0.299 e. The predicted molar refractivity (Wildman–Crippen MR) is 117 cm³/mol. The number of allylic oxidation sites excluding steroid dienone is 4. The standard InChI is InChI=1S/C25H33NO2/c1-17(2)12-13-26(7)16-18(3)14-25(5,6)15-22-19(4)23(27)20-10-8-9-11-21(20)24(22)28/h8-12,14H,13,15-16H2,1-7H3/b18-14+. The molecule has 150 valence electrons. The van der Waals surface area contributed by atoms with E-state index in [1.54, 1.807) is 19.1 Å². The highest BCUT2D eigenvalue weighted by atomic mass is 16.1. The van der Waals surface area contributed by atoms with Gasteiger partial charge in [0.05, 0.1) is 0 Å². The van der Waals surface area contributed by atoms with Gasteiger partial charge in [0.1, 0.15) is 0 Å². The Morgan fingerprint density at radius 3 is 2.18 bits per heavy atom. The summed E-state index contributed by atoms with van der Waals surface area (Å²) in [5.41, 5.74) is 4.67. The lowest BCUT2D eigenvalue weighted by molar-refractivity contribution is 0.0968. The third-order valence-corrected chi connectivity index (χ3v) is 5.08. The number of carbonyl (C=O) groups is 2. The number of fused-ring (bicyclic) bond motifs is 1. The molecule has 0 saturated heterocycles. The fourth-order valence-corrected chi connectivity index (χ4v) is 3.81. The van der Waals surface area contributed by atoms with Gasteiger partial charge in [0.2, 0.25) is 0 Å². The summed E-state index contributed by atoms with van der Waals surface area (Å²) >= 11 is 0. The van der Waals surface area contributed by atoms with Crippen LogP contribution in [0.1, 0.15) is 68.7 Å². The molecule has 0 heterocycles. The van der Waals surface area contributed by atoms with Crippen LogP contribution in [-0.2, 0) is 0 Å². The molecule has 0 spiro atoms. The Kier molecular flexibility index (Phi) is 6.95. The lowest BCUT2D eigenvalue weighted by Crippen LogP contribution is -2.25. The molecule has 1 aliphatic carbocycles. The van der Waals surface area contributed by atoms with Crippen LogP contribution in [0.25, 0.3) is 0 Å². The maximum absolute atomic E-state index is 13.0. The lowest BCUT2D eigenvalue weighted by Gasteiger charge is -2.27. The molecule has 1 aliphatic rings. The first-order valence-electron chi connectivity index (χ1n) is 9.90. The molecular formula is C25H33NO2. The van der Waals surface area contributed by atoms with Crippen molar-refractivity contribution in [1.29, 1.82) is 0 Å². The zero-order valence-corrected chi connectivity index (χ0v) is 18.3. The molecule has 28 heavy (non-hydrogen) atoms. The molecular weight excluding hydrogens is 346 g/mol. The number of carbonyl (C=O) groups excluding carboxylic acids is 2. The SMILES string of the molecule is CC(C)=CCN(C)C/C(C)=C/C(C)(C)CC1=C(C)C(=O)c2ccccc2C1=O. The third-order valence-electron chi connectivity index (χ3n) is 5.08. The van der Waals surface area contributed by atoms with Gasteiger partial charge in [-0.05, 0) is 46.6 Å². The first-order chi connectivity index (χ1) is 13.0. The van der Waals surface area contributed by atoms with E-state index >= 15 is 0 Å². The van der Waals surface area contributed by atoms with E-state index in [0.717, 1.165) is 13.1 Å². The average Bonchev–Trinajstić information content (AvgIpc) is 2.61. The molecule has 0 aromatic heterocycles. The summed E-state index contributed by atoms with van der Waals surface area (Å²) in [4.78, 5) is 28.0. The molecule has 0 amide bonds. The van der Waals surface area contributed by atoms with Gasteiger partial charge in [0.15, 0.2) is 11.6 Å². The highest BCUT2D eigenvalue weighted by Gasteiger charge is 2.32.